The summed E-state index contributed by atoms with van der Waals surface area (Å²) < 4.78 is 41.4. The molecular weight excluding hydrogens is 415 g/mol. The van der Waals surface area contributed by atoms with Crippen LogP contribution < -0.4 is 15.6 Å². The number of tetrazole rings is 1. The van der Waals surface area contributed by atoms with Crippen LogP contribution in [0.4, 0.5) is 24.5 Å². The highest BCUT2D eigenvalue weighted by Gasteiger charge is 2.38. The maximum atomic E-state index is 12.1. The van der Waals surface area contributed by atoms with Crippen LogP contribution in [-0.4, -0.2) is 32.3 Å². The second-order valence-corrected chi connectivity index (χ2v) is 6.52. The number of nitrogens with zero attached hydrogens (tertiary/aromatic N) is 3. The molecule has 0 bridgehead atoms. The molecule has 3 rings (SSSR count). The van der Waals surface area contributed by atoms with Crippen molar-refractivity contribution in [2.45, 2.75) is 11.1 Å². The number of benzene rings is 2. The minimum atomic E-state index is -4.95. The number of carbonyl (C=O) groups excluding carboxylic acids is 1. The Balaban J connectivity index is 1.58. The summed E-state index contributed by atoms with van der Waals surface area (Å²) in [5.74, 6) is -2.07. The van der Waals surface area contributed by atoms with Crippen LogP contribution in [0, 0.1) is 4.77 Å². The summed E-state index contributed by atoms with van der Waals surface area (Å²) in [6, 6.07) is 13.8. The standard InChI is InChI=1S/C15H12F3N7OS2/c16-15(17,18)13(26)20-19-9-4-6-10(7-5-9)22-28-12-3-1-2-11(8-12)25-14(27)21-23-24-25/h1-8,19,22H,(H,20,26)(H,21,24,27). The lowest BCUT2D eigenvalue weighted by atomic mass is 10.3. The average molecular weight is 427 g/mol. The Bertz CT molecular complexity index is 1020. The maximum absolute atomic E-state index is 12.1. The van der Waals surface area contributed by atoms with Crippen molar-refractivity contribution in [3.63, 3.8) is 0 Å². The molecule has 28 heavy (non-hydrogen) atoms. The molecule has 0 saturated carbocycles. The molecule has 4 N–H and O–H groups in total. The van der Waals surface area contributed by atoms with Crippen LogP contribution in [-0.2, 0) is 4.79 Å². The van der Waals surface area contributed by atoms with Crippen LogP contribution in [0.3, 0.4) is 0 Å². The number of carbonyl (C=O) groups is 1. The predicted octanol–water partition coefficient (Wildman–Crippen LogP) is 3.45. The molecule has 0 spiro atoms. The fraction of sp³-hybridized carbons (Fsp3) is 0.0667. The van der Waals surface area contributed by atoms with Crippen LogP contribution in [0.1, 0.15) is 0 Å². The number of rotatable bonds is 6. The third kappa shape index (κ3) is 5.01. The largest absolute Gasteiger partial charge is 0.472 e. The lowest BCUT2D eigenvalue weighted by Gasteiger charge is -2.11. The molecule has 1 aromatic heterocycles. The van der Waals surface area contributed by atoms with E-state index >= 15 is 0 Å². The van der Waals surface area contributed by atoms with Gasteiger partial charge in [-0.05, 0) is 66.6 Å². The summed E-state index contributed by atoms with van der Waals surface area (Å²) in [6.45, 7) is 0. The first-order chi connectivity index (χ1) is 13.3. The minimum absolute atomic E-state index is 0.302. The molecule has 146 valence electrons. The zero-order valence-corrected chi connectivity index (χ0v) is 15.5. The molecule has 1 heterocycles. The Morgan fingerprint density at radius 2 is 1.86 bits per heavy atom. The van der Waals surface area contributed by atoms with Crippen molar-refractivity contribution in [3.8, 4) is 5.69 Å². The molecule has 0 radical (unpaired) electrons. The van der Waals surface area contributed by atoms with E-state index in [9.17, 15) is 18.0 Å². The summed E-state index contributed by atoms with van der Waals surface area (Å²) in [5, 5.41) is 10.0. The lowest BCUT2D eigenvalue weighted by molar-refractivity contribution is -0.173. The van der Waals surface area contributed by atoms with Crippen LogP contribution in [0.15, 0.2) is 53.4 Å². The highest BCUT2D eigenvalue weighted by Crippen LogP contribution is 2.24. The first-order valence-corrected chi connectivity index (χ1v) is 8.82. The van der Waals surface area contributed by atoms with E-state index < -0.39 is 12.1 Å². The number of anilines is 2. The van der Waals surface area contributed by atoms with Gasteiger partial charge in [0, 0.05) is 10.6 Å². The Morgan fingerprint density at radius 3 is 2.50 bits per heavy atom. The van der Waals surface area contributed by atoms with Crippen molar-refractivity contribution in [3.05, 3.63) is 53.3 Å². The topological polar surface area (TPSA) is 99.7 Å². The van der Waals surface area contributed by atoms with Gasteiger partial charge in [-0.3, -0.25) is 15.6 Å². The van der Waals surface area contributed by atoms with Gasteiger partial charge in [0.15, 0.2) is 0 Å². The maximum Gasteiger partial charge on any atom is 0.472 e. The Morgan fingerprint density at radius 1 is 1.14 bits per heavy atom. The molecule has 3 aromatic rings. The number of hydrogen-bond donors (Lipinski definition) is 4. The Kier molecular flexibility index (Phi) is 5.84. The third-order valence-corrected chi connectivity index (χ3v) is 4.39. The fourth-order valence-electron chi connectivity index (χ4n) is 1.99. The highest BCUT2D eigenvalue weighted by atomic mass is 32.2. The van der Waals surface area contributed by atoms with E-state index in [-0.39, 0.29) is 0 Å². The molecule has 0 aliphatic rings. The smallest absolute Gasteiger partial charge is 0.326 e. The quantitative estimate of drug-likeness (QED) is 0.272. The number of hydrazine groups is 1. The normalized spacial score (nSPS) is 11.1. The lowest BCUT2D eigenvalue weighted by Crippen LogP contribution is -2.40. The molecule has 0 saturated heterocycles. The number of amides is 1. The second kappa shape index (κ2) is 8.31. The SMILES string of the molecule is O=C(NNc1ccc(NSc2cccc(-n3[nH]nnc3=S)c2)cc1)C(F)(F)F. The molecule has 8 nitrogen and oxygen atoms in total. The summed E-state index contributed by atoms with van der Waals surface area (Å²) in [7, 11) is 0. The number of halogens is 3. The summed E-state index contributed by atoms with van der Waals surface area (Å²) >= 11 is 6.39. The van der Waals surface area contributed by atoms with Gasteiger partial charge in [-0.25, -0.2) is 4.68 Å². The van der Waals surface area contributed by atoms with Crippen molar-refractivity contribution in [1.82, 2.24) is 25.6 Å². The zero-order chi connectivity index (χ0) is 20.1. The fourth-order valence-corrected chi connectivity index (χ4v) is 2.88. The molecule has 0 unspecified atom stereocenters. The van der Waals surface area contributed by atoms with E-state index in [4.69, 9.17) is 12.2 Å². The number of nitrogens with one attached hydrogen (secondary N) is 4. The van der Waals surface area contributed by atoms with Gasteiger partial charge >= 0.3 is 12.1 Å². The van der Waals surface area contributed by atoms with Gasteiger partial charge in [-0.2, -0.15) is 18.4 Å². The van der Waals surface area contributed by atoms with Crippen LogP contribution in [0.25, 0.3) is 5.69 Å². The second-order valence-electron chi connectivity index (χ2n) is 5.27. The third-order valence-electron chi connectivity index (χ3n) is 3.30. The highest BCUT2D eigenvalue weighted by molar-refractivity contribution is 8.00. The van der Waals surface area contributed by atoms with Crippen molar-refractivity contribution < 1.29 is 18.0 Å². The van der Waals surface area contributed by atoms with Gasteiger partial charge in [0.2, 0.25) is 4.77 Å². The van der Waals surface area contributed by atoms with Gasteiger partial charge in [0.05, 0.1) is 11.4 Å². The van der Waals surface area contributed by atoms with Crippen LogP contribution in [0.2, 0.25) is 0 Å². The van der Waals surface area contributed by atoms with Crippen LogP contribution >= 0.6 is 24.2 Å². The van der Waals surface area contributed by atoms with Gasteiger partial charge in [-0.1, -0.05) is 16.4 Å². The van der Waals surface area contributed by atoms with Crippen molar-refractivity contribution in [1.29, 1.82) is 0 Å². The predicted molar refractivity (Wildman–Crippen MR) is 100 cm³/mol. The minimum Gasteiger partial charge on any atom is -0.326 e. The average Bonchev–Trinajstić information content (AvgIpc) is 3.10. The first kappa shape index (κ1) is 19.7. The number of alkyl halides is 3. The molecule has 0 aliphatic heterocycles. The van der Waals surface area contributed by atoms with Crippen molar-refractivity contribution in [2.75, 3.05) is 10.1 Å². The van der Waals surface area contributed by atoms with Crippen LogP contribution in [0.5, 0.6) is 0 Å². The van der Waals surface area contributed by atoms with Crippen molar-refractivity contribution in [2.24, 2.45) is 0 Å². The number of aromatic nitrogens is 4. The molecule has 0 aliphatic carbocycles. The van der Waals surface area contributed by atoms with E-state index in [0.29, 0.717) is 16.1 Å². The molecular formula is C15H12F3N7OS2. The molecule has 0 fully saturated rings. The van der Waals surface area contributed by atoms with Gasteiger partial charge < -0.3 is 4.72 Å². The molecule has 2 aromatic carbocycles. The Labute approximate surface area is 165 Å². The summed E-state index contributed by atoms with van der Waals surface area (Å²) in [6.07, 6.45) is -4.95. The van der Waals surface area contributed by atoms with Gasteiger partial charge in [0.25, 0.3) is 0 Å². The van der Waals surface area contributed by atoms with Gasteiger partial charge in [0.1, 0.15) is 0 Å². The number of aromatic amines is 1. The molecule has 0 atom stereocenters. The Hall–Kier alpha value is -3.06. The summed E-state index contributed by atoms with van der Waals surface area (Å²) in [5.41, 5.74) is 5.55. The molecule has 13 heteroatoms. The van der Waals surface area contributed by atoms with E-state index in [1.54, 1.807) is 22.2 Å². The summed E-state index contributed by atoms with van der Waals surface area (Å²) in [4.78, 5) is 11.6. The van der Waals surface area contributed by atoms with E-state index in [2.05, 4.69) is 25.7 Å². The monoisotopic (exact) mass is 427 g/mol. The number of H-pyrrole nitrogens is 1. The number of hydrogen-bond acceptors (Lipinski definition) is 7. The van der Waals surface area contributed by atoms with Crippen molar-refractivity contribution >= 4 is 41.4 Å². The zero-order valence-electron chi connectivity index (χ0n) is 13.8. The van der Waals surface area contributed by atoms with E-state index in [1.807, 2.05) is 24.3 Å². The van der Waals surface area contributed by atoms with E-state index in [1.165, 1.54) is 24.1 Å². The molecule has 1 amide bonds. The van der Waals surface area contributed by atoms with Gasteiger partial charge in [-0.15, -0.1) is 0 Å². The van der Waals surface area contributed by atoms with E-state index in [0.717, 1.165) is 10.6 Å². The first-order valence-electron chi connectivity index (χ1n) is 7.59.